The Morgan fingerprint density at radius 2 is 1.96 bits per heavy atom. The third-order valence-corrected chi connectivity index (χ3v) is 6.32. The lowest BCUT2D eigenvalue weighted by atomic mass is 10.3. The van der Waals surface area contributed by atoms with Gasteiger partial charge in [-0.25, -0.2) is 0 Å². The largest absolute Gasteiger partial charge is 0.768 e. The highest BCUT2D eigenvalue weighted by molar-refractivity contribution is 7.87. The molecule has 0 aliphatic carbocycles. The predicted octanol–water partition coefficient (Wildman–Crippen LogP) is 1.65. The predicted molar refractivity (Wildman–Crippen MR) is 93.4 cm³/mol. The second-order valence-corrected chi connectivity index (χ2v) is 8.25. The molecule has 0 bridgehead atoms. The van der Waals surface area contributed by atoms with Crippen molar-refractivity contribution >= 4 is 48.4 Å². The van der Waals surface area contributed by atoms with Crippen molar-refractivity contribution in [3.63, 3.8) is 0 Å². The molecule has 3 rings (SSSR count). The van der Waals surface area contributed by atoms with Crippen LogP contribution in [0.3, 0.4) is 0 Å². The van der Waals surface area contributed by atoms with Gasteiger partial charge in [0.2, 0.25) is 4.80 Å². The molecule has 11 heteroatoms. The molecule has 0 fully saturated rings. The first-order valence-corrected chi connectivity index (χ1v) is 10.2. The fourth-order valence-electron chi connectivity index (χ4n) is 2.28. The Balaban J connectivity index is 2.12. The molecule has 0 radical (unpaired) electrons. The Hall–Kier alpha value is -2.05. The van der Waals surface area contributed by atoms with E-state index >= 15 is 0 Å². The topological polar surface area (TPSA) is 124 Å². The summed E-state index contributed by atoms with van der Waals surface area (Å²) in [7, 11) is -2.88. The minimum Gasteiger partial charge on any atom is -0.768 e. The van der Waals surface area contributed by atoms with Gasteiger partial charge in [0.1, 0.15) is 4.90 Å². The monoisotopic (exact) mass is 398 g/mol. The fraction of sp³-hybridized carbons (Fsp3) is 0.0714. The summed E-state index contributed by atoms with van der Waals surface area (Å²) in [6, 6.07) is 11.3. The Morgan fingerprint density at radius 1 is 1.24 bits per heavy atom. The summed E-state index contributed by atoms with van der Waals surface area (Å²) < 4.78 is 57.7. The van der Waals surface area contributed by atoms with E-state index in [1.54, 1.807) is 7.05 Å². The summed E-state index contributed by atoms with van der Waals surface area (Å²) in [5.41, 5.74) is 3.47. The van der Waals surface area contributed by atoms with E-state index in [1.165, 1.54) is 23.5 Å². The smallest absolute Gasteiger partial charge is 0.295 e. The molecule has 1 aromatic heterocycles. The van der Waals surface area contributed by atoms with Gasteiger partial charge in [0.25, 0.3) is 10.1 Å². The third kappa shape index (κ3) is 3.50. The van der Waals surface area contributed by atoms with Crippen LogP contribution in [0.15, 0.2) is 57.4 Å². The van der Waals surface area contributed by atoms with E-state index in [2.05, 4.69) is 10.5 Å². The molecule has 0 aliphatic rings. The number of hydrogen-bond donors (Lipinski definition) is 2. The van der Waals surface area contributed by atoms with E-state index in [4.69, 9.17) is 0 Å². The molecule has 1 heterocycles. The van der Waals surface area contributed by atoms with E-state index in [0.717, 1.165) is 16.3 Å². The third-order valence-electron chi connectivity index (χ3n) is 3.41. The van der Waals surface area contributed by atoms with E-state index in [9.17, 15) is 21.7 Å². The van der Waals surface area contributed by atoms with Crippen molar-refractivity contribution in [2.75, 3.05) is 5.43 Å². The van der Waals surface area contributed by atoms with Gasteiger partial charge in [-0.15, -0.1) is 5.10 Å². The molecule has 1 unspecified atom stereocenters. The Kier molecular flexibility index (Phi) is 4.75. The van der Waals surface area contributed by atoms with Gasteiger partial charge in [-0.05, 0) is 35.3 Å². The molecular formula is C14H12N3O5S3-. The Morgan fingerprint density at radius 3 is 2.60 bits per heavy atom. The van der Waals surface area contributed by atoms with Gasteiger partial charge in [0, 0.05) is 7.05 Å². The van der Waals surface area contributed by atoms with Crippen molar-refractivity contribution in [2.45, 2.75) is 9.79 Å². The van der Waals surface area contributed by atoms with Crippen molar-refractivity contribution < 1.29 is 21.7 Å². The van der Waals surface area contributed by atoms with Crippen molar-refractivity contribution in [3.05, 3.63) is 47.3 Å². The molecule has 0 spiro atoms. The zero-order chi connectivity index (χ0) is 18.2. The highest BCUT2D eigenvalue weighted by atomic mass is 32.2. The van der Waals surface area contributed by atoms with Gasteiger partial charge in [-0.2, -0.15) is 8.42 Å². The summed E-state index contributed by atoms with van der Waals surface area (Å²) in [5.74, 6) is 0. The van der Waals surface area contributed by atoms with Crippen molar-refractivity contribution in [3.8, 4) is 0 Å². The first kappa shape index (κ1) is 17.8. The summed E-state index contributed by atoms with van der Waals surface area (Å²) in [6.45, 7) is 0. The number of aromatic nitrogens is 1. The van der Waals surface area contributed by atoms with Gasteiger partial charge >= 0.3 is 0 Å². The highest BCUT2D eigenvalue weighted by Gasteiger charge is 2.19. The van der Waals surface area contributed by atoms with Crippen LogP contribution < -0.4 is 10.2 Å². The van der Waals surface area contributed by atoms with Crippen molar-refractivity contribution in [1.82, 2.24) is 4.57 Å². The SMILES string of the molecule is Cn1c(=NNc2cccc(S(=O)(=O)O)c2S(=O)[O-])sc2ccccc21. The van der Waals surface area contributed by atoms with Crippen LogP contribution in [0.5, 0.6) is 0 Å². The van der Waals surface area contributed by atoms with Crippen LogP contribution in [0.2, 0.25) is 0 Å². The van der Waals surface area contributed by atoms with Gasteiger partial charge in [-0.1, -0.05) is 29.5 Å². The summed E-state index contributed by atoms with van der Waals surface area (Å²) in [4.78, 5) is -0.722. The number of hydrogen-bond acceptors (Lipinski definition) is 7. The molecule has 132 valence electrons. The van der Waals surface area contributed by atoms with Gasteiger partial charge < -0.3 is 9.12 Å². The second-order valence-electron chi connectivity index (χ2n) is 4.98. The second kappa shape index (κ2) is 6.69. The number of fused-ring (bicyclic) bond motifs is 1. The van der Waals surface area contributed by atoms with E-state index in [0.29, 0.717) is 4.80 Å². The Bertz CT molecular complexity index is 1150. The van der Waals surface area contributed by atoms with Crippen LogP contribution in [-0.4, -0.2) is 26.3 Å². The summed E-state index contributed by atoms with van der Waals surface area (Å²) in [6.07, 6.45) is 0. The number of thiazole rings is 1. The minimum atomic E-state index is -4.69. The molecule has 2 aromatic carbocycles. The Labute approximate surface area is 149 Å². The number of benzene rings is 2. The lowest BCUT2D eigenvalue weighted by Gasteiger charge is -2.14. The maximum Gasteiger partial charge on any atom is 0.295 e. The fourth-order valence-corrected chi connectivity index (χ4v) is 4.90. The number of para-hydroxylation sites is 1. The molecule has 0 saturated carbocycles. The molecule has 3 aromatic rings. The molecular weight excluding hydrogens is 386 g/mol. The molecule has 0 saturated heterocycles. The minimum absolute atomic E-state index is 0.0547. The lowest BCUT2D eigenvalue weighted by molar-refractivity contribution is 0.478. The molecule has 25 heavy (non-hydrogen) atoms. The van der Waals surface area contributed by atoms with E-state index < -0.39 is 31.0 Å². The lowest BCUT2D eigenvalue weighted by Crippen LogP contribution is -2.14. The average molecular weight is 398 g/mol. The van der Waals surface area contributed by atoms with Crippen LogP contribution in [0, 0.1) is 0 Å². The van der Waals surface area contributed by atoms with Crippen LogP contribution >= 0.6 is 11.3 Å². The van der Waals surface area contributed by atoms with Gasteiger partial charge in [0.15, 0.2) is 0 Å². The molecule has 1 atom stereocenters. The number of aryl methyl sites for hydroxylation is 1. The number of rotatable bonds is 4. The van der Waals surface area contributed by atoms with E-state index in [1.807, 2.05) is 28.8 Å². The molecule has 0 aliphatic heterocycles. The number of anilines is 1. The standard InChI is InChI=1S/C14H13N3O5S3/c1-17-10-6-2-3-7-11(10)23-14(17)16-15-9-5-4-8-12(25(20,21)22)13(9)24(18)19/h2-8,15H,1H3,(H,18,19)(H,20,21,22)/p-1. The van der Waals surface area contributed by atoms with Crippen LogP contribution in [-0.2, 0) is 28.2 Å². The average Bonchev–Trinajstić information content (AvgIpc) is 2.88. The van der Waals surface area contributed by atoms with Crippen molar-refractivity contribution in [1.29, 1.82) is 0 Å². The van der Waals surface area contributed by atoms with Crippen LogP contribution in [0.1, 0.15) is 0 Å². The summed E-state index contributed by atoms with van der Waals surface area (Å²) in [5, 5.41) is 4.16. The van der Waals surface area contributed by atoms with Gasteiger partial charge in [-0.3, -0.25) is 14.2 Å². The molecule has 8 nitrogen and oxygen atoms in total. The first-order chi connectivity index (χ1) is 11.8. The number of nitrogens with zero attached hydrogens (tertiary/aromatic N) is 2. The van der Waals surface area contributed by atoms with Crippen LogP contribution in [0.25, 0.3) is 10.2 Å². The maximum atomic E-state index is 11.4. The van der Waals surface area contributed by atoms with Crippen LogP contribution in [0.4, 0.5) is 5.69 Å². The van der Waals surface area contributed by atoms with E-state index in [-0.39, 0.29) is 5.69 Å². The molecule has 2 N–H and O–H groups in total. The highest BCUT2D eigenvalue weighted by Crippen LogP contribution is 2.27. The number of nitrogens with one attached hydrogen (secondary N) is 1. The normalized spacial score (nSPS) is 14.0. The quantitative estimate of drug-likeness (QED) is 0.391. The first-order valence-electron chi connectivity index (χ1n) is 6.83. The maximum absolute atomic E-state index is 11.4. The van der Waals surface area contributed by atoms with Gasteiger partial charge in [0.05, 0.1) is 20.8 Å². The zero-order valence-electron chi connectivity index (χ0n) is 12.7. The zero-order valence-corrected chi connectivity index (χ0v) is 15.2. The van der Waals surface area contributed by atoms with Crippen molar-refractivity contribution in [2.24, 2.45) is 12.1 Å². The summed E-state index contributed by atoms with van der Waals surface area (Å²) >= 11 is -1.51. The molecule has 0 amide bonds.